The van der Waals surface area contributed by atoms with Gasteiger partial charge in [-0.25, -0.2) is 4.98 Å². The van der Waals surface area contributed by atoms with Gasteiger partial charge in [0.2, 0.25) is 11.9 Å². The first-order valence-corrected chi connectivity index (χ1v) is 13.9. The van der Waals surface area contributed by atoms with Crippen molar-refractivity contribution in [2.75, 3.05) is 69.7 Å². The van der Waals surface area contributed by atoms with E-state index >= 15 is 0 Å². The zero-order chi connectivity index (χ0) is 28.1. The third-order valence-electron chi connectivity index (χ3n) is 7.80. The highest BCUT2D eigenvalue weighted by molar-refractivity contribution is 5.77. The first kappa shape index (κ1) is 27.6. The number of amides is 1. The number of allylic oxidation sites excluding steroid dienone is 2. The third kappa shape index (κ3) is 6.43. The summed E-state index contributed by atoms with van der Waals surface area (Å²) >= 11 is 0. The van der Waals surface area contributed by atoms with E-state index < -0.39 is 0 Å². The van der Waals surface area contributed by atoms with Crippen LogP contribution in [0.15, 0.2) is 73.7 Å². The first-order chi connectivity index (χ1) is 19.4. The molecular weight excluding hydrogens is 502 g/mol. The van der Waals surface area contributed by atoms with Crippen molar-refractivity contribution in [3.63, 3.8) is 0 Å². The Morgan fingerprint density at radius 1 is 1.18 bits per heavy atom. The number of piperazine rings is 1. The maximum absolute atomic E-state index is 12.1. The maximum Gasteiger partial charge on any atom is 0.248 e. The van der Waals surface area contributed by atoms with Gasteiger partial charge < -0.3 is 24.8 Å². The number of methoxy groups -OCH3 is 1. The number of anilines is 3. The molecule has 0 saturated carbocycles. The number of carbonyl (C=O) groups is 1. The van der Waals surface area contributed by atoms with Crippen LogP contribution in [0, 0.1) is 5.92 Å². The predicted molar refractivity (Wildman–Crippen MR) is 160 cm³/mol. The molecule has 0 spiro atoms. The van der Waals surface area contributed by atoms with Crippen LogP contribution in [0.4, 0.5) is 17.5 Å². The largest absolute Gasteiger partial charge is 0.375 e. The fraction of sp³-hybridized carbons (Fsp3) is 0.387. The van der Waals surface area contributed by atoms with Crippen LogP contribution in [0.25, 0.3) is 6.08 Å². The molecule has 40 heavy (non-hydrogen) atoms. The van der Waals surface area contributed by atoms with E-state index in [-0.39, 0.29) is 12.5 Å². The van der Waals surface area contributed by atoms with Gasteiger partial charge in [0, 0.05) is 88.3 Å². The molecule has 1 aromatic heterocycles. The van der Waals surface area contributed by atoms with E-state index in [0.29, 0.717) is 11.9 Å². The fourth-order valence-corrected chi connectivity index (χ4v) is 5.37. The van der Waals surface area contributed by atoms with Crippen LogP contribution in [0.5, 0.6) is 0 Å². The highest BCUT2D eigenvalue weighted by atomic mass is 16.5. The van der Waals surface area contributed by atoms with Gasteiger partial charge in [-0.15, -0.1) is 0 Å². The average Bonchev–Trinajstić information content (AvgIpc) is 2.93. The molecule has 2 saturated heterocycles. The number of carbonyl (C=O) groups excluding carboxylic acids is 1. The van der Waals surface area contributed by atoms with Crippen LogP contribution < -0.4 is 10.2 Å². The number of nitrogens with zero attached hydrogens (tertiary/aromatic N) is 6. The van der Waals surface area contributed by atoms with E-state index in [2.05, 4.69) is 56.9 Å². The van der Waals surface area contributed by atoms with Crippen LogP contribution in [0.1, 0.15) is 17.5 Å². The molecule has 5 rings (SSSR count). The Hall–Kier alpha value is -3.95. The predicted octanol–water partition coefficient (Wildman–Crippen LogP) is 3.88. The van der Waals surface area contributed by atoms with Crippen molar-refractivity contribution in [2.45, 2.75) is 13.0 Å². The lowest BCUT2D eigenvalue weighted by molar-refractivity contribution is -0.136. The van der Waals surface area contributed by atoms with E-state index in [1.807, 2.05) is 41.5 Å². The molecule has 210 valence electrons. The summed E-state index contributed by atoms with van der Waals surface area (Å²) < 4.78 is 4.99. The molecule has 9 nitrogen and oxygen atoms in total. The molecule has 3 aliphatic rings. The van der Waals surface area contributed by atoms with Gasteiger partial charge in [-0.2, -0.15) is 4.98 Å². The highest BCUT2D eigenvalue weighted by Crippen LogP contribution is 2.31. The van der Waals surface area contributed by atoms with Crippen molar-refractivity contribution in [2.24, 2.45) is 5.92 Å². The second kappa shape index (κ2) is 12.5. The quantitative estimate of drug-likeness (QED) is 0.430. The van der Waals surface area contributed by atoms with Crippen LogP contribution in [-0.4, -0.2) is 90.1 Å². The molecule has 0 atom stereocenters. The number of fused-ring (bicyclic) bond motifs is 1. The van der Waals surface area contributed by atoms with Crippen LogP contribution >= 0.6 is 0 Å². The Bertz CT molecular complexity index is 1290. The third-order valence-corrected chi connectivity index (χ3v) is 7.80. The summed E-state index contributed by atoms with van der Waals surface area (Å²) in [5.74, 6) is 2.12. The molecule has 0 unspecified atom stereocenters. The molecule has 4 heterocycles. The number of hydrogen-bond acceptors (Lipinski definition) is 8. The second-order valence-corrected chi connectivity index (χ2v) is 10.6. The molecule has 3 aliphatic heterocycles. The van der Waals surface area contributed by atoms with E-state index in [1.165, 1.54) is 5.56 Å². The number of likely N-dealkylation sites (tertiary alicyclic amines) is 1. The van der Waals surface area contributed by atoms with Crippen molar-refractivity contribution in [1.29, 1.82) is 0 Å². The van der Waals surface area contributed by atoms with E-state index in [9.17, 15) is 4.79 Å². The summed E-state index contributed by atoms with van der Waals surface area (Å²) in [6.07, 6.45) is 8.80. The standard InChI is InChI=1S/C31H39N7O2/c1-5-23(2)37-20-26(21-37)11-12-38-24(3)9-10-27-18-32-31(34-30(27)38)33-28-8-6-7-25(17-28)19-35-13-15-36(16-14-35)29(39)22-40-4/h5-10,17-18,26H,1-3,11-16,19-22H2,4H3,(H,32,33,34). The van der Waals surface area contributed by atoms with E-state index in [4.69, 9.17) is 9.72 Å². The molecule has 0 bridgehead atoms. The number of benzene rings is 1. The molecule has 2 aromatic rings. The summed E-state index contributed by atoms with van der Waals surface area (Å²) in [5, 5.41) is 3.40. The van der Waals surface area contributed by atoms with Gasteiger partial charge in [-0.05, 0) is 48.3 Å². The summed E-state index contributed by atoms with van der Waals surface area (Å²) in [4.78, 5) is 30.3. The minimum atomic E-state index is 0.0560. The maximum atomic E-state index is 12.1. The number of aromatic nitrogens is 2. The van der Waals surface area contributed by atoms with Crippen LogP contribution in [0.3, 0.4) is 0 Å². The zero-order valence-electron chi connectivity index (χ0n) is 23.4. The molecule has 2 fully saturated rings. The lowest BCUT2D eigenvalue weighted by Gasteiger charge is -2.42. The average molecular weight is 542 g/mol. The SMILES string of the molecule is C=CC(=C)N1CC(CCN2C(=C)C=Cc3cnc(Nc4cccc(CN5CCN(C(=O)COC)CC5)c4)nc32)C1. The topological polar surface area (TPSA) is 77.1 Å². The molecular formula is C31H39N7O2. The van der Waals surface area contributed by atoms with Gasteiger partial charge in [0.25, 0.3) is 0 Å². The van der Waals surface area contributed by atoms with Crippen molar-refractivity contribution < 1.29 is 9.53 Å². The Balaban J connectivity index is 1.19. The second-order valence-electron chi connectivity index (χ2n) is 10.6. The Labute approximate surface area is 237 Å². The van der Waals surface area contributed by atoms with Crippen molar-refractivity contribution >= 4 is 29.4 Å². The van der Waals surface area contributed by atoms with Crippen molar-refractivity contribution in [1.82, 2.24) is 24.7 Å². The lowest BCUT2D eigenvalue weighted by atomic mass is 9.95. The van der Waals surface area contributed by atoms with Gasteiger partial charge >= 0.3 is 0 Å². The fourth-order valence-electron chi connectivity index (χ4n) is 5.37. The summed E-state index contributed by atoms with van der Waals surface area (Å²) in [6.45, 7) is 19.1. The number of ether oxygens (including phenoxy) is 1. The smallest absolute Gasteiger partial charge is 0.248 e. The van der Waals surface area contributed by atoms with Gasteiger partial charge in [0.05, 0.1) is 0 Å². The van der Waals surface area contributed by atoms with Gasteiger partial charge in [-0.3, -0.25) is 9.69 Å². The van der Waals surface area contributed by atoms with Gasteiger partial charge in [0.15, 0.2) is 0 Å². The Morgan fingerprint density at radius 2 is 1.98 bits per heavy atom. The normalized spacial score (nSPS) is 17.4. The Morgan fingerprint density at radius 3 is 2.73 bits per heavy atom. The van der Waals surface area contributed by atoms with Crippen molar-refractivity contribution in [3.05, 3.63) is 84.9 Å². The monoisotopic (exact) mass is 541 g/mol. The number of rotatable bonds is 11. The minimum absolute atomic E-state index is 0.0560. The molecule has 0 aliphatic carbocycles. The van der Waals surface area contributed by atoms with Crippen LogP contribution in [-0.2, 0) is 16.1 Å². The first-order valence-electron chi connectivity index (χ1n) is 13.9. The van der Waals surface area contributed by atoms with Gasteiger partial charge in [-0.1, -0.05) is 31.9 Å². The zero-order valence-corrected chi connectivity index (χ0v) is 23.4. The van der Waals surface area contributed by atoms with E-state index in [0.717, 1.165) is 87.2 Å². The number of hydrogen-bond donors (Lipinski definition) is 1. The summed E-state index contributed by atoms with van der Waals surface area (Å²) in [7, 11) is 1.56. The molecule has 0 radical (unpaired) electrons. The molecule has 1 aromatic carbocycles. The highest BCUT2D eigenvalue weighted by Gasteiger charge is 2.28. The van der Waals surface area contributed by atoms with Crippen LogP contribution in [0.2, 0.25) is 0 Å². The Kier molecular flexibility index (Phi) is 8.62. The minimum Gasteiger partial charge on any atom is -0.375 e. The van der Waals surface area contributed by atoms with Crippen molar-refractivity contribution in [3.8, 4) is 0 Å². The molecule has 1 N–H and O–H groups in total. The summed E-state index contributed by atoms with van der Waals surface area (Å²) in [6, 6.07) is 8.35. The molecule has 1 amide bonds. The molecule has 9 heteroatoms. The summed E-state index contributed by atoms with van der Waals surface area (Å²) in [5.41, 5.74) is 5.07. The number of nitrogens with one attached hydrogen (secondary N) is 1. The van der Waals surface area contributed by atoms with E-state index in [1.54, 1.807) is 7.11 Å². The lowest BCUT2D eigenvalue weighted by Crippen LogP contribution is -2.49. The van der Waals surface area contributed by atoms with Gasteiger partial charge in [0.1, 0.15) is 12.4 Å².